The Morgan fingerprint density at radius 1 is 0.778 bits per heavy atom. The number of hydrogen-bond acceptors (Lipinski definition) is 17. The number of halogens is 4. The highest BCUT2D eigenvalue weighted by atomic mass is 35.5. The summed E-state index contributed by atoms with van der Waals surface area (Å²) in [5, 5.41) is 22.2. The van der Waals surface area contributed by atoms with Gasteiger partial charge in [0.25, 0.3) is 25.8 Å². The van der Waals surface area contributed by atoms with Crippen LogP contribution in [0.5, 0.6) is 0 Å². The first-order valence-corrected chi connectivity index (χ1v) is 44.1. The number of piperazine rings is 2. The van der Waals surface area contributed by atoms with Crippen molar-refractivity contribution in [2.75, 3.05) is 101 Å². The first-order valence-electron chi connectivity index (χ1n) is 38.9. The van der Waals surface area contributed by atoms with Crippen LogP contribution in [0.3, 0.4) is 0 Å². The van der Waals surface area contributed by atoms with E-state index < -0.39 is 64.9 Å². The zero-order valence-corrected chi connectivity index (χ0v) is 68.3. The van der Waals surface area contributed by atoms with Crippen molar-refractivity contribution in [1.82, 2.24) is 39.9 Å². The number of carbonyl (C=O) groups excluding carboxylic acids is 2. The van der Waals surface area contributed by atoms with Crippen molar-refractivity contribution in [3.8, 4) is 10.4 Å². The predicted molar refractivity (Wildman–Crippen MR) is 434 cm³/mol. The number of nitrogens with one attached hydrogen (secondary N) is 4. The summed E-state index contributed by atoms with van der Waals surface area (Å²) in [7, 11) is -11.0. The van der Waals surface area contributed by atoms with Crippen LogP contribution in [0.1, 0.15) is 178 Å². The van der Waals surface area contributed by atoms with E-state index in [4.69, 9.17) is 11.6 Å². The number of carbonyl (C=O) groups is 2. The normalized spacial score (nSPS) is 19.3. The lowest BCUT2D eigenvalue weighted by Crippen LogP contribution is -2.52. The van der Waals surface area contributed by atoms with Crippen LogP contribution in [-0.2, 0) is 24.7 Å². The van der Waals surface area contributed by atoms with Gasteiger partial charge in [-0.05, 0) is 185 Å². The van der Waals surface area contributed by atoms with Crippen molar-refractivity contribution in [2.45, 2.75) is 208 Å². The Hall–Kier alpha value is -5.90. The van der Waals surface area contributed by atoms with Crippen molar-refractivity contribution in [1.29, 1.82) is 0 Å². The Labute approximate surface area is 654 Å². The molecule has 0 saturated carbocycles. The number of sulfonamides is 1. The number of nitrogens with zero attached hydrogens (tertiary/aromatic N) is 6. The van der Waals surface area contributed by atoms with E-state index in [2.05, 4.69) is 123 Å². The van der Waals surface area contributed by atoms with E-state index in [-0.39, 0.29) is 40.4 Å². The molecule has 2 unspecified atom stereocenters. The summed E-state index contributed by atoms with van der Waals surface area (Å²) in [4.78, 5) is 43.9. The molecule has 5 aromatic carbocycles. The highest BCUT2D eigenvalue weighted by Crippen LogP contribution is 2.44. The number of hydrogen-bond donors (Lipinski definition) is 5. The zero-order chi connectivity index (χ0) is 77.4. The van der Waals surface area contributed by atoms with Crippen molar-refractivity contribution in [3.63, 3.8) is 0 Å². The first-order chi connectivity index (χ1) is 51.4. The fraction of sp³-hybridized carbons (Fsp3) is 0.554. The van der Waals surface area contributed by atoms with Gasteiger partial charge in [0.1, 0.15) is 4.90 Å². The molecule has 25 heteroatoms. The highest BCUT2D eigenvalue weighted by molar-refractivity contribution is 7.99. The molecule has 6 atom stereocenters. The van der Waals surface area contributed by atoms with E-state index in [1.807, 2.05) is 66.5 Å². The minimum absolute atomic E-state index is 0.00534. The van der Waals surface area contributed by atoms with Gasteiger partial charge >= 0.3 is 5.51 Å². The minimum atomic E-state index is -6.12. The smallest absolute Gasteiger partial charge is 0.392 e. The van der Waals surface area contributed by atoms with Crippen LogP contribution in [0.4, 0.5) is 24.5 Å². The summed E-state index contributed by atoms with van der Waals surface area (Å²) < 4.78 is 101. The number of amides is 2. The molecule has 3 fully saturated rings. The number of allylic oxidation sites excluding steroid dienone is 1. The molecule has 3 aliphatic heterocycles. The van der Waals surface area contributed by atoms with Gasteiger partial charge in [0.05, 0.1) is 44.9 Å². The maximum absolute atomic E-state index is 14.6. The predicted octanol–water partition coefficient (Wildman–Crippen LogP) is 16.2. The van der Waals surface area contributed by atoms with Gasteiger partial charge in [-0.25, -0.2) is 26.5 Å². The number of likely N-dealkylation sites (tertiary alicyclic amines) is 1. The van der Waals surface area contributed by atoms with E-state index in [1.165, 1.54) is 40.6 Å². The number of thiazole rings is 1. The molecule has 0 bridgehead atoms. The molecule has 2 amide bonds. The maximum Gasteiger partial charge on any atom is 0.501 e. The molecule has 1 aromatic heterocycles. The number of aliphatic hydroxyl groups is 1. The van der Waals surface area contributed by atoms with E-state index in [9.17, 15) is 44.7 Å². The number of unbranched alkanes of at least 4 members (excludes halogenated alkanes) is 6. The van der Waals surface area contributed by atoms with Gasteiger partial charge in [0.2, 0.25) is 5.91 Å². The van der Waals surface area contributed by atoms with Crippen LogP contribution in [0.2, 0.25) is 5.02 Å². The van der Waals surface area contributed by atoms with Crippen LogP contribution in [-0.4, -0.2) is 185 Å². The van der Waals surface area contributed by atoms with Crippen molar-refractivity contribution >= 4 is 83.3 Å². The fourth-order valence-electron chi connectivity index (χ4n) is 15.6. The Morgan fingerprint density at radius 3 is 2.07 bits per heavy atom. The number of thioether (sulfide) groups is 1. The summed E-state index contributed by atoms with van der Waals surface area (Å²) >= 11 is 9.34. The number of rotatable bonds is 36. The average molecular weight is 1580 g/mol. The third-order valence-electron chi connectivity index (χ3n) is 22.1. The molecule has 1 aliphatic carbocycles. The second-order valence-electron chi connectivity index (χ2n) is 32.0. The van der Waals surface area contributed by atoms with E-state index in [0.717, 1.165) is 200 Å². The van der Waals surface area contributed by atoms with E-state index >= 15 is 0 Å². The first kappa shape index (κ1) is 84.5. The number of benzene rings is 5. The lowest BCUT2D eigenvalue weighted by atomic mass is 9.73. The van der Waals surface area contributed by atoms with Crippen molar-refractivity contribution < 1.29 is 44.7 Å². The lowest BCUT2D eigenvalue weighted by molar-refractivity contribution is -0.127. The van der Waals surface area contributed by atoms with Gasteiger partial charge in [-0.3, -0.25) is 19.4 Å². The zero-order valence-electron chi connectivity index (χ0n) is 64.3. The number of aliphatic hydroxyl groups excluding tert-OH is 1. The van der Waals surface area contributed by atoms with Crippen LogP contribution in [0.15, 0.2) is 147 Å². The number of alkyl halides is 3. The largest absolute Gasteiger partial charge is 0.501 e. The van der Waals surface area contributed by atoms with Crippen LogP contribution in [0.25, 0.3) is 16.0 Å². The number of aromatic nitrogens is 1. The standard InChI is InChI=1S/C83H114ClF3N10O7S4/c1-9-10-20-69(97-56-70(98)52-75(97)80(100)90-59(2)61-23-25-63(26-24-61)78-60(3)89-58-106-78)51-77(81(4,5)6)88-40-18-13-11-12-14-19-41-93-43-45-94(46-44-93)42-38-67(57-105-71-21-16-15-17-22-71)91-74-36-35-72(53-76(74)107(101,102)83(85,86)87)108(103,104)92-79(99)64-29-33-68(34-30-64)96-49-47-95(48-50-96)55-65-54-82(7,8)39-37-73(65)62-27-31-66(84)32-28-62/h15-17,21-36,53,58-59,67,69-70,75,77,88,91,98H,9-14,18-20,37-52,54-57H2,1-8H3,(H,90,100)(H,92,99)/t59-,67?,69-,70+,75-,77?/m0/s1. The van der Waals surface area contributed by atoms with Gasteiger partial charge in [0, 0.05) is 117 Å². The third kappa shape index (κ3) is 23.6. The minimum Gasteiger partial charge on any atom is -0.392 e. The second-order valence-corrected chi connectivity index (χ2v) is 37.9. The second kappa shape index (κ2) is 38.6. The Morgan fingerprint density at radius 2 is 1.43 bits per heavy atom. The topological polar surface area (TPSA) is 200 Å². The van der Waals surface area contributed by atoms with Gasteiger partial charge in [-0.2, -0.15) is 13.2 Å². The third-order valence-corrected chi connectivity index (χ3v) is 27.4. The molecule has 3 saturated heterocycles. The molecule has 5 N–H and O–H groups in total. The number of aryl methyl sites for hydroxylation is 1. The van der Waals surface area contributed by atoms with Crippen LogP contribution < -0.4 is 25.6 Å². The molecular formula is C83H114ClF3N10O7S4. The van der Waals surface area contributed by atoms with Crippen molar-refractivity contribution in [3.05, 3.63) is 160 Å². The fourth-order valence-corrected chi connectivity index (χ4v) is 19.6. The lowest BCUT2D eigenvalue weighted by Gasteiger charge is -2.39. The SMILES string of the molecule is CCCC[C@@H](CC(NCCCCCCCCN1CCN(CCC(CSc2ccccc2)Nc2ccc(S(=O)(=O)NC(=O)c3ccc(N4CCN(CC5=C(c6ccc(Cl)cc6)CCC(C)(C)C5)CC4)cc3)cc2S(=O)(=O)C(F)(F)F)CC1)C(C)(C)C)N1C[C@H](O)C[C@H]1C(=O)N[C@@H](C)c1ccc(-c2scnc2C)cc1. The molecule has 0 spiro atoms. The summed E-state index contributed by atoms with van der Waals surface area (Å²) in [6.07, 6.45) is 14.1. The van der Waals surface area contributed by atoms with Crippen LogP contribution >= 0.6 is 34.7 Å². The monoisotopic (exact) mass is 1580 g/mol. The molecule has 6 aromatic rings. The molecule has 590 valence electrons. The summed E-state index contributed by atoms with van der Waals surface area (Å²) in [6.45, 7) is 28.0. The van der Waals surface area contributed by atoms with Crippen molar-refractivity contribution in [2.24, 2.45) is 10.8 Å². The van der Waals surface area contributed by atoms with Gasteiger partial charge in [-0.1, -0.05) is 152 Å². The highest BCUT2D eigenvalue weighted by Gasteiger charge is 2.49. The maximum atomic E-state index is 14.6. The molecule has 17 nitrogen and oxygen atoms in total. The molecule has 4 aliphatic rings. The average Bonchev–Trinajstić information content (AvgIpc) is 1.19. The number of anilines is 2. The van der Waals surface area contributed by atoms with Gasteiger partial charge < -0.3 is 35.8 Å². The summed E-state index contributed by atoms with van der Waals surface area (Å²) in [5.41, 5.74) is 3.92. The molecule has 10 rings (SSSR count). The Balaban J connectivity index is 0.666. The number of β-amino-alcohol motifs (C(OH)–C–C–N with tert-alkyl or cyclic N) is 1. The molecule has 108 heavy (non-hydrogen) atoms. The number of sulfone groups is 1. The Bertz CT molecular complexity index is 4150. The quantitative estimate of drug-likeness (QED) is 0.0184. The molecule has 4 heterocycles. The van der Waals surface area contributed by atoms with Crippen LogP contribution in [0, 0.1) is 17.8 Å². The summed E-state index contributed by atoms with van der Waals surface area (Å²) in [5.74, 6) is -0.698. The summed E-state index contributed by atoms with van der Waals surface area (Å²) in [6, 6.07) is 34.2. The van der Waals surface area contributed by atoms with Gasteiger partial charge in [0.15, 0.2) is 0 Å². The Kier molecular flexibility index (Phi) is 30.2. The molecular weight excluding hydrogens is 1470 g/mol. The van der Waals surface area contributed by atoms with E-state index in [0.29, 0.717) is 42.8 Å². The van der Waals surface area contributed by atoms with E-state index in [1.54, 1.807) is 23.5 Å². The molecule has 0 radical (unpaired) electrons. The van der Waals surface area contributed by atoms with Gasteiger partial charge in [-0.15, -0.1) is 23.1 Å².